The van der Waals surface area contributed by atoms with E-state index in [4.69, 9.17) is 4.74 Å². The summed E-state index contributed by atoms with van der Waals surface area (Å²) in [4.78, 5) is 39.4. The van der Waals surface area contributed by atoms with Crippen LogP contribution >= 0.6 is 0 Å². The van der Waals surface area contributed by atoms with Crippen molar-refractivity contribution in [3.8, 4) is 29.4 Å². The predicted molar refractivity (Wildman–Crippen MR) is 134 cm³/mol. The number of aromatic hydroxyl groups is 1. The van der Waals surface area contributed by atoms with E-state index in [2.05, 4.69) is 29.0 Å². The number of anilines is 1. The number of aliphatic hydroxyl groups excluding tert-OH is 1. The molecule has 2 aromatic rings. The van der Waals surface area contributed by atoms with Gasteiger partial charge < -0.3 is 20.3 Å². The lowest BCUT2D eigenvalue weighted by molar-refractivity contribution is -0.134. The maximum absolute atomic E-state index is 13.8. The van der Waals surface area contributed by atoms with Crippen LogP contribution in [0.3, 0.4) is 0 Å². The van der Waals surface area contributed by atoms with Gasteiger partial charge in [0.05, 0.1) is 30.0 Å². The molecule has 3 N–H and O–H groups in total. The summed E-state index contributed by atoms with van der Waals surface area (Å²) >= 11 is 0. The molecule has 1 fully saturated rings. The van der Waals surface area contributed by atoms with E-state index in [0.29, 0.717) is 23.2 Å². The molecule has 1 aliphatic heterocycles. The van der Waals surface area contributed by atoms with E-state index >= 15 is 0 Å². The SMILES string of the molecule is COC(=O)/C=C(\C)[C@@]12C[C@]13c1cc(O)c4c(c1N[C@H]2C#C/C=C\C#C[C@H]3O)C(=O)c1ccccc1C4=O. The van der Waals surface area contributed by atoms with Crippen LogP contribution < -0.4 is 5.32 Å². The van der Waals surface area contributed by atoms with E-state index in [1.807, 2.05) is 0 Å². The van der Waals surface area contributed by atoms with Gasteiger partial charge in [0.2, 0.25) is 0 Å². The van der Waals surface area contributed by atoms with E-state index in [-0.39, 0.29) is 28.0 Å². The molecule has 7 heteroatoms. The minimum atomic E-state index is -1.22. The Morgan fingerprint density at radius 2 is 1.76 bits per heavy atom. The van der Waals surface area contributed by atoms with Gasteiger partial charge in [0.25, 0.3) is 0 Å². The maximum Gasteiger partial charge on any atom is 0.330 e. The summed E-state index contributed by atoms with van der Waals surface area (Å²) < 4.78 is 4.85. The lowest BCUT2D eigenvalue weighted by Crippen LogP contribution is -2.46. The van der Waals surface area contributed by atoms with Gasteiger partial charge in [0.1, 0.15) is 11.9 Å². The van der Waals surface area contributed by atoms with Crippen LogP contribution in [0.2, 0.25) is 0 Å². The Labute approximate surface area is 212 Å². The van der Waals surface area contributed by atoms with Crippen molar-refractivity contribution < 1.29 is 29.3 Å². The number of rotatable bonds is 2. The van der Waals surface area contributed by atoms with Crippen molar-refractivity contribution in [1.82, 2.24) is 0 Å². The van der Waals surface area contributed by atoms with Crippen LogP contribution in [0.4, 0.5) is 5.69 Å². The Balaban J connectivity index is 1.67. The lowest BCUT2D eigenvalue weighted by atomic mass is 9.69. The zero-order chi connectivity index (χ0) is 26.1. The third kappa shape index (κ3) is 2.81. The smallest absolute Gasteiger partial charge is 0.330 e. The number of phenols is 1. The second-order valence-corrected chi connectivity index (χ2v) is 9.63. The van der Waals surface area contributed by atoms with E-state index < -0.39 is 40.5 Å². The molecule has 4 aliphatic rings. The fourth-order valence-corrected chi connectivity index (χ4v) is 6.33. The molecule has 1 saturated carbocycles. The van der Waals surface area contributed by atoms with Crippen LogP contribution in [-0.2, 0) is 14.9 Å². The normalized spacial score (nSPS) is 28.9. The molecular weight excluding hydrogens is 470 g/mol. The standard InChI is InChI=1S/C30H21NO6/c1-16(13-23(34)37-2)29-15-30(29)19-14-20(32)24-25(28(36)18-10-8-7-9-17(18)27(24)35)26(19)31-21(29)11-5-3-4-6-12-22(30)33/h3-4,7-10,13-14,21-22,31-33H,15H2,1-2H3/b4-3-,16-13+/t21-,22+,29+,30+/m0/s1. The summed E-state index contributed by atoms with van der Waals surface area (Å²) in [6.07, 6.45) is 3.59. The van der Waals surface area contributed by atoms with Gasteiger partial charge in [-0.25, -0.2) is 4.79 Å². The quantitative estimate of drug-likeness (QED) is 0.219. The van der Waals surface area contributed by atoms with Crippen molar-refractivity contribution in [3.05, 3.63) is 82.0 Å². The molecule has 6 rings (SSSR count). The molecule has 182 valence electrons. The molecule has 0 radical (unpaired) electrons. The Morgan fingerprint density at radius 1 is 1.11 bits per heavy atom. The van der Waals surface area contributed by atoms with Crippen molar-refractivity contribution in [3.63, 3.8) is 0 Å². The Morgan fingerprint density at radius 3 is 2.43 bits per heavy atom. The van der Waals surface area contributed by atoms with Crippen LogP contribution in [-0.4, -0.2) is 47.0 Å². The van der Waals surface area contributed by atoms with Gasteiger partial charge in [-0.05, 0) is 37.1 Å². The number of methoxy groups -OCH3 is 1. The number of benzene rings is 2. The van der Waals surface area contributed by atoms with Gasteiger partial charge in [-0.3, -0.25) is 9.59 Å². The minimum Gasteiger partial charge on any atom is -0.507 e. The molecule has 7 nitrogen and oxygen atoms in total. The highest BCUT2D eigenvalue weighted by atomic mass is 16.5. The fraction of sp³-hybridized carbons (Fsp3) is 0.233. The highest BCUT2D eigenvalue weighted by Crippen LogP contribution is 2.75. The second-order valence-electron chi connectivity index (χ2n) is 9.63. The number of carbonyl (C=O) groups is 3. The zero-order valence-corrected chi connectivity index (χ0v) is 20.0. The number of nitrogens with one attached hydrogen (secondary N) is 1. The number of ether oxygens (including phenoxy) is 1. The maximum atomic E-state index is 13.8. The average molecular weight is 491 g/mol. The molecule has 0 amide bonds. The molecule has 0 saturated heterocycles. The van der Waals surface area contributed by atoms with Gasteiger partial charge in [-0.1, -0.05) is 53.5 Å². The van der Waals surface area contributed by atoms with Crippen molar-refractivity contribution in [2.45, 2.75) is 30.9 Å². The zero-order valence-electron chi connectivity index (χ0n) is 20.0. The molecule has 37 heavy (non-hydrogen) atoms. The fourth-order valence-electron chi connectivity index (χ4n) is 6.33. The van der Waals surface area contributed by atoms with Crippen molar-refractivity contribution in [1.29, 1.82) is 0 Å². The van der Waals surface area contributed by atoms with E-state index in [1.165, 1.54) is 19.3 Å². The summed E-state index contributed by atoms with van der Waals surface area (Å²) in [6, 6.07) is 7.28. The molecule has 4 atom stereocenters. The topological polar surface area (TPSA) is 113 Å². The molecular formula is C30H21NO6. The van der Waals surface area contributed by atoms with Crippen LogP contribution in [0.5, 0.6) is 5.75 Å². The number of phenolic OH excluding ortho intramolecular Hbond substituents is 1. The van der Waals surface area contributed by atoms with Crippen LogP contribution in [0.15, 0.2) is 54.1 Å². The Kier molecular flexibility index (Phi) is 4.76. The lowest BCUT2D eigenvalue weighted by Gasteiger charge is -2.41. The third-order valence-electron chi connectivity index (χ3n) is 8.07. The third-order valence-corrected chi connectivity index (χ3v) is 8.07. The minimum absolute atomic E-state index is 0.0488. The van der Waals surface area contributed by atoms with Gasteiger partial charge in [0.15, 0.2) is 11.6 Å². The Hall–Kier alpha value is -4.59. The number of hydrogen-bond donors (Lipinski definition) is 3. The first-order chi connectivity index (χ1) is 17.8. The highest BCUT2D eigenvalue weighted by molar-refractivity contribution is 6.31. The summed E-state index contributed by atoms with van der Waals surface area (Å²) in [6.45, 7) is 1.77. The highest BCUT2D eigenvalue weighted by Gasteiger charge is 2.77. The molecule has 3 aliphatic carbocycles. The van der Waals surface area contributed by atoms with Gasteiger partial charge in [-0.2, -0.15) is 0 Å². The van der Waals surface area contributed by atoms with E-state index in [0.717, 1.165) is 0 Å². The molecule has 2 aromatic carbocycles. The van der Waals surface area contributed by atoms with Gasteiger partial charge in [-0.15, -0.1) is 0 Å². The predicted octanol–water partition coefficient (Wildman–Crippen LogP) is 2.65. The first-order valence-corrected chi connectivity index (χ1v) is 11.7. The number of esters is 1. The van der Waals surface area contributed by atoms with Crippen LogP contribution in [0.1, 0.15) is 50.8 Å². The number of carbonyl (C=O) groups excluding carboxylic acids is 3. The summed E-state index contributed by atoms with van der Waals surface area (Å²) in [5.74, 6) is 10.0. The molecule has 1 heterocycles. The average Bonchev–Trinajstić information content (AvgIpc) is 3.62. The second kappa shape index (κ2) is 7.70. The van der Waals surface area contributed by atoms with Crippen molar-refractivity contribution >= 4 is 23.2 Å². The number of allylic oxidation sites excluding steroid dienone is 2. The Bertz CT molecular complexity index is 1640. The summed E-state index contributed by atoms with van der Waals surface area (Å²) in [7, 11) is 1.28. The first kappa shape index (κ1) is 22.8. The van der Waals surface area contributed by atoms with Crippen molar-refractivity contribution in [2.24, 2.45) is 5.41 Å². The number of ketones is 2. The van der Waals surface area contributed by atoms with Crippen molar-refractivity contribution in [2.75, 3.05) is 12.4 Å². The largest absolute Gasteiger partial charge is 0.507 e. The number of fused-ring (bicyclic) bond motifs is 4. The number of hydrogen-bond acceptors (Lipinski definition) is 7. The van der Waals surface area contributed by atoms with Crippen LogP contribution in [0.25, 0.3) is 0 Å². The van der Waals surface area contributed by atoms with E-state index in [1.54, 1.807) is 43.3 Å². The van der Waals surface area contributed by atoms with Gasteiger partial charge >= 0.3 is 5.97 Å². The van der Waals surface area contributed by atoms with Gasteiger partial charge in [0, 0.05) is 28.0 Å². The summed E-state index contributed by atoms with van der Waals surface area (Å²) in [5.41, 5.74) is -0.159. The molecule has 0 unspecified atom stereocenters. The monoisotopic (exact) mass is 491 g/mol. The first-order valence-electron chi connectivity index (χ1n) is 11.7. The molecule has 0 spiro atoms. The van der Waals surface area contributed by atoms with Crippen LogP contribution in [0, 0.1) is 29.1 Å². The number of aliphatic hydroxyl groups is 1. The molecule has 2 bridgehead atoms. The molecule has 0 aromatic heterocycles. The van der Waals surface area contributed by atoms with E-state index in [9.17, 15) is 24.6 Å². The summed E-state index contributed by atoms with van der Waals surface area (Å²) in [5, 5.41) is 26.0.